The molecule has 1 saturated heterocycles. The van der Waals surface area contributed by atoms with Gasteiger partial charge in [-0.15, -0.1) is 0 Å². The van der Waals surface area contributed by atoms with Gasteiger partial charge in [-0.3, -0.25) is 9.59 Å². The molecule has 0 bridgehead atoms. The van der Waals surface area contributed by atoms with Gasteiger partial charge in [0.15, 0.2) is 0 Å². The van der Waals surface area contributed by atoms with Crippen LogP contribution in [0.2, 0.25) is 0 Å². The summed E-state index contributed by atoms with van der Waals surface area (Å²) < 4.78 is 4.78. The SMILES string of the molecule is COC(=O)c1ccccc1N1CC(C(=O)Nc2ccc(C)cc2)CC1=O. The van der Waals surface area contributed by atoms with Crippen molar-refractivity contribution >= 4 is 29.2 Å². The molecule has 1 unspecified atom stereocenters. The first-order valence-corrected chi connectivity index (χ1v) is 8.35. The Kier molecular flexibility index (Phi) is 5.02. The van der Waals surface area contributed by atoms with Crippen LogP contribution in [0.1, 0.15) is 22.3 Å². The van der Waals surface area contributed by atoms with E-state index in [0.717, 1.165) is 5.56 Å². The Morgan fingerprint density at radius 1 is 1.12 bits per heavy atom. The number of esters is 1. The molecule has 0 aliphatic carbocycles. The lowest BCUT2D eigenvalue weighted by atomic mass is 10.1. The number of hydrogen-bond acceptors (Lipinski definition) is 4. The number of nitrogens with one attached hydrogen (secondary N) is 1. The second-order valence-corrected chi connectivity index (χ2v) is 6.27. The largest absolute Gasteiger partial charge is 0.465 e. The van der Waals surface area contributed by atoms with Crippen molar-refractivity contribution in [1.29, 1.82) is 0 Å². The molecule has 1 N–H and O–H groups in total. The molecule has 6 nitrogen and oxygen atoms in total. The number of carbonyl (C=O) groups is 3. The summed E-state index contributed by atoms with van der Waals surface area (Å²) >= 11 is 0. The lowest BCUT2D eigenvalue weighted by molar-refractivity contribution is -0.122. The van der Waals surface area contributed by atoms with Crippen molar-refractivity contribution in [3.05, 3.63) is 59.7 Å². The molecule has 1 aliphatic rings. The third-order valence-corrected chi connectivity index (χ3v) is 4.42. The molecule has 0 saturated carbocycles. The molecule has 0 aromatic heterocycles. The number of carbonyl (C=O) groups excluding carboxylic acids is 3. The highest BCUT2D eigenvalue weighted by atomic mass is 16.5. The minimum atomic E-state index is -0.513. The van der Waals surface area contributed by atoms with Gasteiger partial charge >= 0.3 is 5.97 Å². The van der Waals surface area contributed by atoms with Gasteiger partial charge in [-0.05, 0) is 31.2 Å². The Balaban J connectivity index is 1.76. The third-order valence-electron chi connectivity index (χ3n) is 4.42. The molecule has 134 valence electrons. The van der Waals surface area contributed by atoms with Gasteiger partial charge in [-0.2, -0.15) is 0 Å². The molecule has 1 atom stereocenters. The van der Waals surface area contributed by atoms with Crippen LogP contribution in [0.3, 0.4) is 0 Å². The zero-order valence-electron chi connectivity index (χ0n) is 14.7. The number of para-hydroxylation sites is 1. The lowest BCUT2D eigenvalue weighted by Crippen LogP contribution is -2.29. The first-order valence-electron chi connectivity index (χ1n) is 8.35. The minimum Gasteiger partial charge on any atom is -0.465 e. The van der Waals surface area contributed by atoms with Gasteiger partial charge in [0.25, 0.3) is 0 Å². The molecular weight excluding hydrogens is 332 g/mol. The van der Waals surface area contributed by atoms with Crippen LogP contribution < -0.4 is 10.2 Å². The molecule has 26 heavy (non-hydrogen) atoms. The molecule has 2 amide bonds. The molecule has 2 aromatic rings. The first-order chi connectivity index (χ1) is 12.5. The Labute approximate surface area is 151 Å². The van der Waals surface area contributed by atoms with Crippen molar-refractivity contribution in [3.8, 4) is 0 Å². The van der Waals surface area contributed by atoms with Crippen LogP contribution in [0.15, 0.2) is 48.5 Å². The number of anilines is 2. The van der Waals surface area contributed by atoms with Crippen molar-refractivity contribution in [2.45, 2.75) is 13.3 Å². The zero-order valence-corrected chi connectivity index (χ0v) is 14.7. The summed E-state index contributed by atoms with van der Waals surface area (Å²) in [6.07, 6.45) is 0.104. The van der Waals surface area contributed by atoms with E-state index in [1.807, 2.05) is 31.2 Å². The summed E-state index contributed by atoms with van der Waals surface area (Å²) in [6.45, 7) is 2.20. The van der Waals surface area contributed by atoms with E-state index < -0.39 is 11.9 Å². The van der Waals surface area contributed by atoms with Crippen molar-refractivity contribution in [2.24, 2.45) is 5.92 Å². The number of nitrogens with zero attached hydrogens (tertiary/aromatic N) is 1. The summed E-state index contributed by atoms with van der Waals surface area (Å²) in [4.78, 5) is 38.4. The fourth-order valence-electron chi connectivity index (χ4n) is 2.99. The summed E-state index contributed by atoms with van der Waals surface area (Å²) in [5.74, 6) is -1.39. The smallest absolute Gasteiger partial charge is 0.339 e. The van der Waals surface area contributed by atoms with Crippen LogP contribution in [0, 0.1) is 12.8 Å². The van der Waals surface area contributed by atoms with Gasteiger partial charge in [0, 0.05) is 18.7 Å². The van der Waals surface area contributed by atoms with E-state index >= 15 is 0 Å². The van der Waals surface area contributed by atoms with E-state index in [-0.39, 0.29) is 24.8 Å². The summed E-state index contributed by atoms with van der Waals surface area (Å²) in [5.41, 5.74) is 2.57. The van der Waals surface area contributed by atoms with E-state index in [1.165, 1.54) is 12.0 Å². The summed E-state index contributed by atoms with van der Waals surface area (Å²) in [6, 6.07) is 14.2. The maximum Gasteiger partial charge on any atom is 0.339 e. The van der Waals surface area contributed by atoms with Crippen molar-refractivity contribution < 1.29 is 19.1 Å². The highest BCUT2D eigenvalue weighted by Crippen LogP contribution is 2.29. The Hall–Kier alpha value is -3.15. The number of ether oxygens (including phenoxy) is 1. The number of hydrogen-bond donors (Lipinski definition) is 1. The minimum absolute atomic E-state index is 0.104. The van der Waals surface area contributed by atoms with Crippen LogP contribution >= 0.6 is 0 Å². The second kappa shape index (κ2) is 7.39. The van der Waals surface area contributed by atoms with Crippen LogP contribution in [0.4, 0.5) is 11.4 Å². The lowest BCUT2D eigenvalue weighted by Gasteiger charge is -2.19. The van der Waals surface area contributed by atoms with Crippen LogP contribution in [-0.2, 0) is 14.3 Å². The predicted octanol–water partition coefficient (Wildman–Crippen LogP) is 2.77. The normalized spacial score (nSPS) is 16.5. The number of methoxy groups -OCH3 is 1. The molecule has 0 radical (unpaired) electrons. The van der Waals surface area contributed by atoms with Gasteiger partial charge in [0.1, 0.15) is 0 Å². The Morgan fingerprint density at radius 3 is 2.50 bits per heavy atom. The van der Waals surface area contributed by atoms with Crippen molar-refractivity contribution in [2.75, 3.05) is 23.9 Å². The fraction of sp³-hybridized carbons (Fsp3) is 0.250. The molecule has 1 heterocycles. The van der Waals surface area contributed by atoms with Gasteiger partial charge in [-0.25, -0.2) is 4.79 Å². The molecule has 0 spiro atoms. The average Bonchev–Trinajstić information content (AvgIpc) is 3.04. The summed E-state index contributed by atoms with van der Waals surface area (Å²) in [5, 5.41) is 2.84. The number of rotatable bonds is 4. The highest BCUT2D eigenvalue weighted by Gasteiger charge is 2.36. The quantitative estimate of drug-likeness (QED) is 0.859. The first kappa shape index (κ1) is 17.7. The molecule has 3 rings (SSSR count). The summed E-state index contributed by atoms with van der Waals surface area (Å²) in [7, 11) is 1.29. The van der Waals surface area contributed by atoms with Gasteiger partial charge in [0.2, 0.25) is 11.8 Å². The zero-order chi connectivity index (χ0) is 18.7. The number of aryl methyl sites for hydroxylation is 1. The van der Waals surface area contributed by atoms with Crippen LogP contribution in [0.25, 0.3) is 0 Å². The molecular formula is C20H20N2O4. The molecule has 1 aliphatic heterocycles. The number of amides is 2. The average molecular weight is 352 g/mol. The van der Waals surface area contributed by atoms with Crippen LogP contribution in [-0.4, -0.2) is 31.4 Å². The molecule has 1 fully saturated rings. The van der Waals surface area contributed by atoms with E-state index in [2.05, 4.69) is 5.32 Å². The Morgan fingerprint density at radius 2 is 1.81 bits per heavy atom. The third kappa shape index (κ3) is 3.59. The second-order valence-electron chi connectivity index (χ2n) is 6.27. The van der Waals surface area contributed by atoms with E-state index in [9.17, 15) is 14.4 Å². The highest BCUT2D eigenvalue weighted by molar-refractivity contribution is 6.07. The van der Waals surface area contributed by atoms with Gasteiger partial charge in [-0.1, -0.05) is 29.8 Å². The molecule has 6 heteroatoms. The Bertz CT molecular complexity index is 845. The van der Waals surface area contributed by atoms with Crippen molar-refractivity contribution in [1.82, 2.24) is 0 Å². The standard InChI is InChI=1S/C20H20N2O4/c1-13-7-9-15(10-8-13)21-19(24)14-11-18(23)22(12-14)17-6-4-3-5-16(17)20(25)26-2/h3-10,14H,11-12H2,1-2H3,(H,21,24). The molecule has 2 aromatic carbocycles. The maximum absolute atomic E-state index is 12.5. The van der Waals surface area contributed by atoms with Gasteiger partial charge in [0.05, 0.1) is 24.3 Å². The maximum atomic E-state index is 12.5. The van der Waals surface area contributed by atoms with Gasteiger partial charge < -0.3 is 15.0 Å². The van der Waals surface area contributed by atoms with Crippen LogP contribution in [0.5, 0.6) is 0 Å². The van der Waals surface area contributed by atoms with E-state index in [0.29, 0.717) is 16.9 Å². The van der Waals surface area contributed by atoms with E-state index in [1.54, 1.807) is 24.3 Å². The fourth-order valence-corrected chi connectivity index (χ4v) is 2.99. The predicted molar refractivity (Wildman–Crippen MR) is 98.1 cm³/mol. The van der Waals surface area contributed by atoms with E-state index in [4.69, 9.17) is 4.74 Å². The van der Waals surface area contributed by atoms with Crippen molar-refractivity contribution in [3.63, 3.8) is 0 Å². The number of benzene rings is 2. The topological polar surface area (TPSA) is 75.7 Å². The monoisotopic (exact) mass is 352 g/mol.